The smallest absolute Gasteiger partial charge is 0.241 e. The molecule has 0 aliphatic carbocycles. The highest BCUT2D eigenvalue weighted by molar-refractivity contribution is 6.30. The van der Waals surface area contributed by atoms with Crippen LogP contribution in [-0.2, 0) is 11.3 Å². The molecule has 0 amide bonds. The Labute approximate surface area is 150 Å². The van der Waals surface area contributed by atoms with E-state index < -0.39 is 0 Å². The molecule has 0 N–H and O–H groups in total. The number of aromatic nitrogens is 3. The molecule has 128 valence electrons. The fourth-order valence-electron chi connectivity index (χ4n) is 2.83. The quantitative estimate of drug-likeness (QED) is 0.714. The second kappa shape index (κ2) is 7.31. The normalized spacial score (nSPS) is 18.4. The van der Waals surface area contributed by atoms with Gasteiger partial charge in [-0.2, -0.15) is 4.98 Å². The predicted molar refractivity (Wildman–Crippen MR) is 93.0 cm³/mol. The molecule has 1 aliphatic heterocycles. The minimum Gasteiger partial charge on any atom is -0.371 e. The molecule has 1 fully saturated rings. The Morgan fingerprint density at radius 2 is 2.04 bits per heavy atom. The van der Waals surface area contributed by atoms with Crippen LogP contribution in [0.5, 0.6) is 0 Å². The molecule has 0 spiro atoms. The number of benzene rings is 1. The Kier molecular flexibility index (Phi) is 4.74. The molecule has 1 saturated heterocycles. The van der Waals surface area contributed by atoms with Gasteiger partial charge in [0.25, 0.3) is 0 Å². The second-order valence-corrected chi connectivity index (χ2v) is 6.31. The molecular weight excluding hydrogens is 340 g/mol. The first kappa shape index (κ1) is 16.2. The third-order valence-electron chi connectivity index (χ3n) is 4.11. The standard InChI is InChI=1S/C18H17ClN4O2/c19-14-6-4-13(5-7-14)16-11-23(9-10-24-16)12-17-21-18(22-25-17)15-3-1-2-8-20-15/h1-8,16H,9-12H2/t16-/m0/s1. The van der Waals surface area contributed by atoms with Crippen molar-refractivity contribution in [3.8, 4) is 11.5 Å². The lowest BCUT2D eigenvalue weighted by Crippen LogP contribution is -2.37. The minimum absolute atomic E-state index is 0.0178. The highest BCUT2D eigenvalue weighted by atomic mass is 35.5. The van der Waals surface area contributed by atoms with E-state index in [1.807, 2.05) is 42.5 Å². The van der Waals surface area contributed by atoms with Crippen LogP contribution in [0.3, 0.4) is 0 Å². The molecular formula is C18H17ClN4O2. The monoisotopic (exact) mass is 356 g/mol. The fourth-order valence-corrected chi connectivity index (χ4v) is 2.96. The van der Waals surface area contributed by atoms with Gasteiger partial charge in [0.05, 0.1) is 19.3 Å². The van der Waals surface area contributed by atoms with Gasteiger partial charge < -0.3 is 9.26 Å². The van der Waals surface area contributed by atoms with Crippen molar-refractivity contribution < 1.29 is 9.26 Å². The zero-order valence-corrected chi connectivity index (χ0v) is 14.3. The Bertz CT molecular complexity index is 823. The van der Waals surface area contributed by atoms with E-state index in [0.29, 0.717) is 30.6 Å². The lowest BCUT2D eigenvalue weighted by molar-refractivity contribution is -0.0355. The van der Waals surface area contributed by atoms with Crippen molar-refractivity contribution in [1.82, 2.24) is 20.0 Å². The number of halogens is 1. The van der Waals surface area contributed by atoms with E-state index in [0.717, 1.165) is 23.7 Å². The van der Waals surface area contributed by atoms with Gasteiger partial charge in [-0.25, -0.2) is 0 Å². The summed E-state index contributed by atoms with van der Waals surface area (Å²) in [5.74, 6) is 1.09. The van der Waals surface area contributed by atoms with Crippen molar-refractivity contribution in [1.29, 1.82) is 0 Å². The first-order chi connectivity index (χ1) is 12.3. The van der Waals surface area contributed by atoms with Crippen LogP contribution in [0.2, 0.25) is 5.02 Å². The van der Waals surface area contributed by atoms with Gasteiger partial charge in [0.2, 0.25) is 11.7 Å². The van der Waals surface area contributed by atoms with Crippen molar-refractivity contribution in [3.05, 3.63) is 65.1 Å². The lowest BCUT2D eigenvalue weighted by atomic mass is 10.1. The summed E-state index contributed by atoms with van der Waals surface area (Å²) in [4.78, 5) is 10.9. The van der Waals surface area contributed by atoms with Crippen LogP contribution in [0.25, 0.3) is 11.5 Å². The molecule has 2 aromatic heterocycles. The molecule has 25 heavy (non-hydrogen) atoms. The molecule has 6 nitrogen and oxygen atoms in total. The van der Waals surface area contributed by atoms with Crippen LogP contribution in [0.1, 0.15) is 17.6 Å². The predicted octanol–water partition coefficient (Wildman–Crippen LogP) is 3.36. The van der Waals surface area contributed by atoms with E-state index >= 15 is 0 Å². The first-order valence-corrected chi connectivity index (χ1v) is 8.49. The fraction of sp³-hybridized carbons (Fsp3) is 0.278. The van der Waals surface area contributed by atoms with Gasteiger partial charge in [0, 0.05) is 24.3 Å². The second-order valence-electron chi connectivity index (χ2n) is 5.87. The van der Waals surface area contributed by atoms with E-state index in [1.165, 1.54) is 0 Å². The summed E-state index contributed by atoms with van der Waals surface area (Å²) in [7, 11) is 0. The van der Waals surface area contributed by atoms with Gasteiger partial charge in [-0.15, -0.1) is 0 Å². The molecule has 0 radical (unpaired) electrons. The van der Waals surface area contributed by atoms with Crippen LogP contribution < -0.4 is 0 Å². The summed E-state index contributed by atoms with van der Waals surface area (Å²) in [5.41, 5.74) is 1.83. The molecule has 3 heterocycles. The number of hydrogen-bond donors (Lipinski definition) is 0. The van der Waals surface area contributed by atoms with Crippen molar-refractivity contribution in [2.45, 2.75) is 12.6 Å². The number of nitrogens with zero attached hydrogens (tertiary/aromatic N) is 4. The molecule has 1 atom stereocenters. The van der Waals surface area contributed by atoms with Crippen molar-refractivity contribution in [2.75, 3.05) is 19.7 Å². The summed E-state index contributed by atoms with van der Waals surface area (Å²) in [6.07, 6.45) is 1.73. The largest absolute Gasteiger partial charge is 0.371 e. The van der Waals surface area contributed by atoms with Crippen molar-refractivity contribution in [3.63, 3.8) is 0 Å². The molecule has 0 saturated carbocycles. The van der Waals surface area contributed by atoms with E-state index in [1.54, 1.807) is 6.20 Å². The molecule has 1 aliphatic rings. The highest BCUT2D eigenvalue weighted by Crippen LogP contribution is 2.24. The zero-order chi connectivity index (χ0) is 17.1. The average Bonchev–Trinajstić information content (AvgIpc) is 3.12. The van der Waals surface area contributed by atoms with E-state index in [9.17, 15) is 0 Å². The number of ether oxygens (including phenoxy) is 1. The molecule has 4 rings (SSSR count). The zero-order valence-electron chi connectivity index (χ0n) is 13.5. The van der Waals surface area contributed by atoms with Gasteiger partial charge >= 0.3 is 0 Å². The van der Waals surface area contributed by atoms with Gasteiger partial charge in [-0.1, -0.05) is 35.0 Å². The minimum atomic E-state index is 0.0178. The average molecular weight is 357 g/mol. The number of pyridine rings is 1. The van der Waals surface area contributed by atoms with Gasteiger partial charge in [0.15, 0.2) is 0 Å². The number of rotatable bonds is 4. The molecule has 0 bridgehead atoms. The lowest BCUT2D eigenvalue weighted by Gasteiger charge is -2.32. The van der Waals surface area contributed by atoms with Crippen LogP contribution in [0.15, 0.2) is 53.2 Å². The van der Waals surface area contributed by atoms with Crippen LogP contribution in [0, 0.1) is 0 Å². The molecule has 0 unspecified atom stereocenters. The van der Waals surface area contributed by atoms with Crippen LogP contribution >= 0.6 is 11.6 Å². The number of morpholine rings is 1. The van der Waals surface area contributed by atoms with Crippen molar-refractivity contribution >= 4 is 11.6 Å². The number of hydrogen-bond acceptors (Lipinski definition) is 6. The van der Waals surface area contributed by atoms with E-state index in [-0.39, 0.29) is 6.10 Å². The Hall–Kier alpha value is -2.28. The SMILES string of the molecule is Clc1ccc([C@@H]2CN(Cc3nc(-c4ccccn4)no3)CCO2)cc1. The maximum Gasteiger partial charge on any atom is 0.241 e. The summed E-state index contributed by atoms with van der Waals surface area (Å²) in [6.45, 7) is 2.84. The van der Waals surface area contributed by atoms with Crippen LogP contribution in [0.4, 0.5) is 0 Å². The van der Waals surface area contributed by atoms with Crippen molar-refractivity contribution in [2.24, 2.45) is 0 Å². The van der Waals surface area contributed by atoms with Gasteiger partial charge in [0.1, 0.15) is 5.69 Å². The molecule has 7 heteroatoms. The van der Waals surface area contributed by atoms with Gasteiger partial charge in [-0.05, 0) is 29.8 Å². The molecule has 3 aromatic rings. The summed E-state index contributed by atoms with van der Waals surface area (Å²) in [5, 5.41) is 4.74. The van der Waals surface area contributed by atoms with E-state index in [2.05, 4.69) is 20.0 Å². The first-order valence-electron chi connectivity index (χ1n) is 8.11. The van der Waals surface area contributed by atoms with Crippen LogP contribution in [-0.4, -0.2) is 39.7 Å². The highest BCUT2D eigenvalue weighted by Gasteiger charge is 2.23. The maximum absolute atomic E-state index is 5.96. The van der Waals surface area contributed by atoms with Gasteiger partial charge in [-0.3, -0.25) is 9.88 Å². The Balaban J connectivity index is 1.42. The third kappa shape index (κ3) is 3.87. The summed E-state index contributed by atoms with van der Waals surface area (Å²) >= 11 is 5.96. The molecule has 1 aromatic carbocycles. The Morgan fingerprint density at radius 1 is 1.16 bits per heavy atom. The topological polar surface area (TPSA) is 64.3 Å². The summed E-state index contributed by atoms with van der Waals surface area (Å²) < 4.78 is 11.3. The third-order valence-corrected chi connectivity index (χ3v) is 4.37. The maximum atomic E-state index is 5.96. The summed E-state index contributed by atoms with van der Waals surface area (Å²) in [6, 6.07) is 13.4. The van der Waals surface area contributed by atoms with E-state index in [4.69, 9.17) is 20.9 Å². The Morgan fingerprint density at radius 3 is 2.84 bits per heavy atom.